The predicted molar refractivity (Wildman–Crippen MR) is 74.5 cm³/mol. The Morgan fingerprint density at radius 3 is 2.89 bits per heavy atom. The van der Waals surface area contributed by atoms with Crippen LogP contribution in [0.1, 0.15) is 37.9 Å². The molecular formula is C16H21NO. The smallest absolute Gasteiger partial charge is 0.134 e. The van der Waals surface area contributed by atoms with Crippen molar-refractivity contribution in [2.24, 2.45) is 17.6 Å². The lowest BCUT2D eigenvalue weighted by Crippen LogP contribution is -2.27. The summed E-state index contributed by atoms with van der Waals surface area (Å²) >= 11 is 0. The fourth-order valence-electron chi connectivity index (χ4n) is 3.26. The van der Waals surface area contributed by atoms with Gasteiger partial charge in [-0.1, -0.05) is 31.5 Å². The first-order valence-electron chi connectivity index (χ1n) is 6.96. The van der Waals surface area contributed by atoms with Crippen molar-refractivity contribution in [1.29, 1.82) is 0 Å². The van der Waals surface area contributed by atoms with E-state index in [1.807, 2.05) is 12.1 Å². The van der Waals surface area contributed by atoms with E-state index in [9.17, 15) is 0 Å². The molecule has 2 nitrogen and oxygen atoms in total. The third-order valence-corrected chi connectivity index (χ3v) is 4.37. The van der Waals surface area contributed by atoms with Crippen LogP contribution in [0.2, 0.25) is 0 Å². The average Bonchev–Trinajstić information content (AvgIpc) is 2.82. The molecule has 0 amide bonds. The Balaban J connectivity index is 1.95. The summed E-state index contributed by atoms with van der Waals surface area (Å²) in [6, 6.07) is 10.5. The summed E-state index contributed by atoms with van der Waals surface area (Å²) in [7, 11) is 0. The highest BCUT2D eigenvalue weighted by atomic mass is 16.3. The molecule has 1 saturated carbocycles. The largest absolute Gasteiger partial charge is 0.461 e. The van der Waals surface area contributed by atoms with Crippen LogP contribution in [-0.4, -0.2) is 6.54 Å². The van der Waals surface area contributed by atoms with E-state index in [0.29, 0.717) is 11.8 Å². The molecule has 2 aromatic rings. The van der Waals surface area contributed by atoms with Crippen molar-refractivity contribution in [3.63, 3.8) is 0 Å². The minimum absolute atomic E-state index is 0.506. The van der Waals surface area contributed by atoms with E-state index in [-0.39, 0.29) is 0 Å². The van der Waals surface area contributed by atoms with Crippen LogP contribution in [0, 0.1) is 11.8 Å². The monoisotopic (exact) mass is 243 g/mol. The first-order valence-corrected chi connectivity index (χ1v) is 6.96. The lowest BCUT2D eigenvalue weighted by Gasteiger charge is -2.32. The molecule has 3 unspecified atom stereocenters. The van der Waals surface area contributed by atoms with Crippen LogP contribution in [0.5, 0.6) is 0 Å². The van der Waals surface area contributed by atoms with E-state index < -0.39 is 0 Å². The summed E-state index contributed by atoms with van der Waals surface area (Å²) in [5.74, 6) is 3.01. The molecule has 3 rings (SSSR count). The van der Waals surface area contributed by atoms with Crippen LogP contribution < -0.4 is 5.73 Å². The second-order valence-electron chi connectivity index (χ2n) is 5.71. The Kier molecular flexibility index (Phi) is 3.13. The normalized spacial score (nSPS) is 28.7. The number of hydrogen-bond donors (Lipinski definition) is 1. The number of furan rings is 1. The summed E-state index contributed by atoms with van der Waals surface area (Å²) < 4.78 is 6.03. The van der Waals surface area contributed by atoms with Crippen molar-refractivity contribution in [1.82, 2.24) is 0 Å². The zero-order chi connectivity index (χ0) is 12.5. The maximum atomic E-state index is 6.03. The molecule has 2 N–H and O–H groups in total. The molecule has 0 saturated heterocycles. The first kappa shape index (κ1) is 11.8. The second kappa shape index (κ2) is 4.77. The van der Waals surface area contributed by atoms with Crippen molar-refractivity contribution in [2.45, 2.75) is 32.1 Å². The van der Waals surface area contributed by atoms with Crippen LogP contribution >= 0.6 is 0 Å². The highest BCUT2D eigenvalue weighted by molar-refractivity contribution is 5.77. The molecule has 1 fully saturated rings. The van der Waals surface area contributed by atoms with E-state index in [1.165, 1.54) is 24.6 Å². The maximum Gasteiger partial charge on any atom is 0.134 e. The maximum absolute atomic E-state index is 6.03. The topological polar surface area (TPSA) is 39.2 Å². The van der Waals surface area contributed by atoms with Gasteiger partial charge < -0.3 is 10.2 Å². The van der Waals surface area contributed by atoms with Gasteiger partial charge in [0.05, 0.1) is 0 Å². The molecule has 1 aromatic carbocycles. The van der Waals surface area contributed by atoms with Crippen LogP contribution in [0.25, 0.3) is 11.0 Å². The van der Waals surface area contributed by atoms with Gasteiger partial charge in [-0.3, -0.25) is 0 Å². The highest BCUT2D eigenvalue weighted by Crippen LogP contribution is 2.41. The van der Waals surface area contributed by atoms with E-state index in [1.54, 1.807) is 0 Å². The molecule has 18 heavy (non-hydrogen) atoms. The number of rotatable bonds is 2. The van der Waals surface area contributed by atoms with Gasteiger partial charge in [0.25, 0.3) is 0 Å². The van der Waals surface area contributed by atoms with Crippen molar-refractivity contribution in [2.75, 3.05) is 6.54 Å². The Labute approximate surface area is 108 Å². The van der Waals surface area contributed by atoms with Gasteiger partial charge >= 0.3 is 0 Å². The zero-order valence-corrected chi connectivity index (χ0v) is 10.9. The van der Waals surface area contributed by atoms with Gasteiger partial charge in [0, 0.05) is 11.3 Å². The van der Waals surface area contributed by atoms with Crippen LogP contribution in [0.3, 0.4) is 0 Å². The van der Waals surface area contributed by atoms with Gasteiger partial charge in [0.1, 0.15) is 11.3 Å². The molecule has 0 aliphatic heterocycles. The zero-order valence-electron chi connectivity index (χ0n) is 10.9. The minimum Gasteiger partial charge on any atom is -0.461 e. The molecule has 1 heterocycles. The fourth-order valence-corrected chi connectivity index (χ4v) is 3.26. The molecular weight excluding hydrogens is 222 g/mol. The Morgan fingerprint density at radius 2 is 2.11 bits per heavy atom. The molecule has 0 spiro atoms. The Hall–Kier alpha value is -1.28. The van der Waals surface area contributed by atoms with E-state index in [2.05, 4.69) is 25.1 Å². The molecule has 1 aromatic heterocycles. The number of benzene rings is 1. The minimum atomic E-state index is 0.506. The van der Waals surface area contributed by atoms with Gasteiger partial charge in [-0.2, -0.15) is 0 Å². The van der Waals surface area contributed by atoms with Gasteiger partial charge in [-0.15, -0.1) is 0 Å². The van der Waals surface area contributed by atoms with Crippen LogP contribution in [-0.2, 0) is 0 Å². The van der Waals surface area contributed by atoms with Crippen LogP contribution in [0.4, 0.5) is 0 Å². The van der Waals surface area contributed by atoms with Crippen molar-refractivity contribution >= 4 is 11.0 Å². The second-order valence-corrected chi connectivity index (χ2v) is 5.71. The molecule has 3 atom stereocenters. The first-order chi connectivity index (χ1) is 8.78. The summed E-state index contributed by atoms with van der Waals surface area (Å²) in [5.41, 5.74) is 6.93. The van der Waals surface area contributed by atoms with Crippen LogP contribution in [0.15, 0.2) is 34.7 Å². The Bertz CT molecular complexity index is 498. The van der Waals surface area contributed by atoms with Crippen molar-refractivity contribution < 1.29 is 4.42 Å². The highest BCUT2D eigenvalue weighted by Gasteiger charge is 2.31. The van der Waals surface area contributed by atoms with Gasteiger partial charge in [-0.25, -0.2) is 0 Å². The van der Waals surface area contributed by atoms with E-state index in [4.69, 9.17) is 10.2 Å². The molecule has 1 aliphatic carbocycles. The lowest BCUT2D eigenvalue weighted by molar-refractivity contribution is 0.231. The Morgan fingerprint density at radius 1 is 1.28 bits per heavy atom. The fraction of sp³-hybridized carbons (Fsp3) is 0.500. The summed E-state index contributed by atoms with van der Waals surface area (Å²) in [5, 5.41) is 1.21. The lowest BCUT2D eigenvalue weighted by atomic mass is 9.73. The summed E-state index contributed by atoms with van der Waals surface area (Å²) in [6.07, 6.45) is 3.75. The summed E-state index contributed by atoms with van der Waals surface area (Å²) in [4.78, 5) is 0. The molecule has 2 heteroatoms. The average molecular weight is 243 g/mol. The van der Waals surface area contributed by atoms with Gasteiger partial charge in [-0.05, 0) is 43.4 Å². The summed E-state index contributed by atoms with van der Waals surface area (Å²) in [6.45, 7) is 3.11. The quantitative estimate of drug-likeness (QED) is 0.868. The molecule has 0 bridgehead atoms. The molecule has 1 aliphatic rings. The van der Waals surface area contributed by atoms with Crippen molar-refractivity contribution in [3.05, 3.63) is 36.1 Å². The number of fused-ring (bicyclic) bond motifs is 1. The SMILES string of the molecule is CC1CCC(CN)C(c2cc3ccccc3o2)C1. The molecule has 96 valence electrons. The van der Waals surface area contributed by atoms with Crippen molar-refractivity contribution in [3.8, 4) is 0 Å². The molecule has 0 radical (unpaired) electrons. The van der Waals surface area contributed by atoms with E-state index >= 15 is 0 Å². The van der Waals surface area contributed by atoms with E-state index in [0.717, 1.165) is 23.8 Å². The standard InChI is InChI=1S/C16H21NO/c1-11-6-7-13(10-17)14(8-11)16-9-12-4-2-3-5-15(12)18-16/h2-5,9,11,13-14H,6-8,10,17H2,1H3. The van der Waals surface area contributed by atoms with Gasteiger partial charge in [0.15, 0.2) is 0 Å². The number of para-hydroxylation sites is 1. The van der Waals surface area contributed by atoms with Gasteiger partial charge in [0.2, 0.25) is 0 Å². The number of nitrogens with two attached hydrogens (primary N) is 1. The third-order valence-electron chi connectivity index (χ3n) is 4.37. The predicted octanol–water partition coefficient (Wildman–Crippen LogP) is 3.91. The third kappa shape index (κ3) is 2.05. The number of hydrogen-bond acceptors (Lipinski definition) is 2.